The SMILES string of the molecule is CC(C)(C)c1ccc([I+]c2ccc(C(C)(C)C)cc2)cc1.O=S(=O)([O-])CS(=O)(=O)[O-].c1ccc([S+](c2ccccc2)c2ccccc2)cc1. The standard InChI is InChI=1S/C20H26I.C18H15S.CH4O6S2/c1-19(2,3)15-7-11-17(12-8-15)21-18-13-9-16(10-14-18)20(4,5)6;1-4-10-16(11-5-1)19(17-12-6-2-7-13-17)18-14-8-3-9-15-18;2-8(3,4)1-9(5,6)7/h7-14H,1-6H3;1-15H;1H2,(H,2,3,4)(H,5,6,7)/q2*+1;/p-2. The van der Waals surface area contributed by atoms with Crippen LogP contribution in [0, 0.1) is 7.14 Å². The lowest BCUT2D eigenvalue weighted by Crippen LogP contribution is -3.61. The maximum atomic E-state index is 9.51. The second-order valence-corrected chi connectivity index (χ2v) is 21.3. The Morgan fingerprint density at radius 2 is 0.735 bits per heavy atom. The predicted octanol–water partition coefficient (Wildman–Crippen LogP) is 5.23. The van der Waals surface area contributed by atoms with Crippen molar-refractivity contribution in [2.45, 2.75) is 67.1 Å². The molecule has 0 bridgehead atoms. The van der Waals surface area contributed by atoms with Crippen LogP contribution in [0.3, 0.4) is 0 Å². The Kier molecular flexibility index (Phi) is 14.7. The van der Waals surface area contributed by atoms with Crippen molar-refractivity contribution in [1.29, 1.82) is 0 Å². The smallest absolute Gasteiger partial charge is 0.357 e. The molecule has 5 aromatic carbocycles. The molecule has 0 saturated heterocycles. The van der Waals surface area contributed by atoms with Gasteiger partial charge in [0.1, 0.15) is 25.3 Å². The average Bonchev–Trinajstić information content (AvgIpc) is 3.01. The molecule has 0 radical (unpaired) electrons. The lowest BCUT2D eigenvalue weighted by atomic mass is 9.87. The van der Waals surface area contributed by atoms with E-state index < -0.39 is 25.3 Å². The van der Waals surface area contributed by atoms with Gasteiger partial charge >= 0.3 is 21.2 Å². The van der Waals surface area contributed by atoms with Gasteiger partial charge in [-0.25, -0.2) is 16.8 Å². The first-order valence-corrected chi connectivity index (χ1v) is 22.0. The maximum Gasteiger partial charge on any atom is 0.357 e. The summed E-state index contributed by atoms with van der Waals surface area (Å²) in [4.78, 5) is 4.08. The molecule has 0 spiro atoms. The van der Waals surface area contributed by atoms with Gasteiger partial charge in [-0.1, -0.05) is 120 Å². The van der Waals surface area contributed by atoms with Gasteiger partial charge in [0.05, 0.1) is 10.9 Å². The van der Waals surface area contributed by atoms with Crippen molar-refractivity contribution in [3.8, 4) is 0 Å². The highest BCUT2D eigenvalue weighted by Gasteiger charge is 2.27. The number of halogens is 1. The van der Waals surface area contributed by atoms with E-state index >= 15 is 0 Å². The average molecular weight is 831 g/mol. The van der Waals surface area contributed by atoms with Crippen molar-refractivity contribution in [2.75, 3.05) is 5.08 Å². The van der Waals surface area contributed by atoms with E-state index in [0.29, 0.717) is 0 Å². The van der Waals surface area contributed by atoms with Crippen LogP contribution in [-0.4, -0.2) is 31.0 Å². The molecule has 0 fully saturated rings. The van der Waals surface area contributed by atoms with Gasteiger partial charge < -0.3 is 9.11 Å². The first-order valence-electron chi connectivity index (χ1n) is 15.4. The van der Waals surface area contributed by atoms with E-state index in [4.69, 9.17) is 0 Å². The normalized spacial score (nSPS) is 11.9. The van der Waals surface area contributed by atoms with Crippen LogP contribution in [0.1, 0.15) is 52.7 Å². The highest BCUT2D eigenvalue weighted by Crippen LogP contribution is 2.30. The van der Waals surface area contributed by atoms with Gasteiger partial charge in [-0.15, -0.1) is 0 Å². The predicted molar refractivity (Wildman–Crippen MR) is 193 cm³/mol. The summed E-state index contributed by atoms with van der Waals surface area (Å²) in [6.45, 7) is 13.6. The third-order valence-electron chi connectivity index (χ3n) is 6.86. The van der Waals surface area contributed by atoms with Crippen molar-refractivity contribution in [2.24, 2.45) is 0 Å². The molecule has 0 unspecified atom stereocenters. The second-order valence-electron chi connectivity index (χ2n) is 13.1. The van der Waals surface area contributed by atoms with E-state index in [9.17, 15) is 25.9 Å². The molecule has 49 heavy (non-hydrogen) atoms. The molecule has 5 aromatic rings. The summed E-state index contributed by atoms with van der Waals surface area (Å²) in [7, 11) is -9.88. The molecule has 0 atom stereocenters. The van der Waals surface area contributed by atoms with Gasteiger partial charge in [0.25, 0.3) is 0 Å². The molecule has 10 heteroatoms. The lowest BCUT2D eigenvalue weighted by molar-refractivity contribution is -0.597. The minimum atomic E-state index is -4.93. The molecule has 0 aliphatic rings. The summed E-state index contributed by atoms with van der Waals surface area (Å²) in [5.74, 6) is 0. The molecule has 0 N–H and O–H groups in total. The minimum Gasteiger partial charge on any atom is -0.747 e. The van der Waals surface area contributed by atoms with Crippen LogP contribution in [0.2, 0.25) is 0 Å². The number of hydrogen-bond donors (Lipinski definition) is 0. The van der Waals surface area contributed by atoms with Crippen molar-refractivity contribution in [3.63, 3.8) is 0 Å². The Balaban J connectivity index is 0.000000215. The third kappa shape index (κ3) is 14.8. The van der Waals surface area contributed by atoms with Crippen LogP contribution in [0.25, 0.3) is 0 Å². The Bertz CT molecular complexity index is 1760. The minimum absolute atomic E-state index is 0.0146. The maximum absolute atomic E-state index is 9.51. The van der Waals surface area contributed by atoms with Gasteiger partial charge in [-0.05, 0) is 82.6 Å². The molecule has 0 amide bonds. The van der Waals surface area contributed by atoms with Crippen molar-refractivity contribution in [1.82, 2.24) is 0 Å². The molecule has 6 nitrogen and oxygen atoms in total. The first-order chi connectivity index (χ1) is 22.8. The van der Waals surface area contributed by atoms with Crippen LogP contribution in [0.4, 0.5) is 0 Å². The molecular formula is C39H43IO6S3. The van der Waals surface area contributed by atoms with E-state index in [1.807, 2.05) is 0 Å². The molecule has 0 heterocycles. The van der Waals surface area contributed by atoms with Crippen LogP contribution in [0.15, 0.2) is 154 Å². The van der Waals surface area contributed by atoms with E-state index in [2.05, 4.69) is 181 Å². The van der Waals surface area contributed by atoms with Gasteiger partial charge in [0.2, 0.25) is 0 Å². The van der Waals surface area contributed by atoms with Crippen molar-refractivity contribution in [3.05, 3.63) is 158 Å². The zero-order valence-electron chi connectivity index (χ0n) is 28.5. The van der Waals surface area contributed by atoms with Gasteiger partial charge in [-0.3, -0.25) is 0 Å². The first kappa shape index (κ1) is 40.4. The van der Waals surface area contributed by atoms with Crippen LogP contribution >= 0.6 is 0 Å². The molecule has 0 aliphatic heterocycles. The van der Waals surface area contributed by atoms with E-state index in [-0.39, 0.29) is 42.9 Å². The summed E-state index contributed by atoms with van der Waals surface area (Å²) >= 11 is -0.0703. The number of hydrogen-bond acceptors (Lipinski definition) is 6. The van der Waals surface area contributed by atoms with Crippen molar-refractivity contribution >= 4 is 31.1 Å². The zero-order valence-corrected chi connectivity index (χ0v) is 33.1. The van der Waals surface area contributed by atoms with Crippen LogP contribution in [0.5, 0.6) is 0 Å². The fraction of sp³-hybridized carbons (Fsp3) is 0.231. The highest BCUT2D eigenvalue weighted by molar-refractivity contribution is 8.02. The van der Waals surface area contributed by atoms with Gasteiger partial charge in [0, 0.05) is 0 Å². The topological polar surface area (TPSA) is 114 Å². The quantitative estimate of drug-likeness (QED) is 0.126. The van der Waals surface area contributed by atoms with E-state index in [1.54, 1.807) is 0 Å². The Morgan fingerprint density at radius 3 is 0.939 bits per heavy atom. The molecule has 5 rings (SSSR count). The van der Waals surface area contributed by atoms with Crippen LogP contribution in [-0.2, 0) is 42.0 Å². The fourth-order valence-electron chi connectivity index (χ4n) is 4.41. The summed E-state index contributed by atoms with van der Waals surface area (Å²) in [5, 5.41) is -1.88. The number of rotatable bonds is 7. The zero-order chi connectivity index (χ0) is 36.3. The summed E-state index contributed by atoms with van der Waals surface area (Å²) in [5.41, 5.74) is 3.31. The van der Waals surface area contributed by atoms with Crippen molar-refractivity contribution < 1.29 is 47.1 Å². The summed E-state index contributed by atoms with van der Waals surface area (Å²) < 4.78 is 60.1. The highest BCUT2D eigenvalue weighted by atomic mass is 127. The Labute approximate surface area is 306 Å². The van der Waals surface area contributed by atoms with Crippen LogP contribution < -0.4 is 21.2 Å². The molecular weight excluding hydrogens is 788 g/mol. The Hall–Kier alpha value is -3.00. The summed E-state index contributed by atoms with van der Waals surface area (Å²) in [6.07, 6.45) is 0. The second kappa shape index (κ2) is 17.8. The van der Waals surface area contributed by atoms with Gasteiger partial charge in [0.15, 0.2) is 21.8 Å². The van der Waals surface area contributed by atoms with Gasteiger partial charge in [-0.2, -0.15) is 0 Å². The van der Waals surface area contributed by atoms with E-state index in [0.717, 1.165) is 0 Å². The number of benzene rings is 5. The van der Waals surface area contributed by atoms with E-state index in [1.165, 1.54) is 33.0 Å². The molecule has 260 valence electrons. The summed E-state index contributed by atoms with van der Waals surface area (Å²) in [6, 6.07) is 50.6. The largest absolute Gasteiger partial charge is 0.747 e. The molecule has 0 aliphatic carbocycles. The lowest BCUT2D eigenvalue weighted by Gasteiger charge is -2.18. The third-order valence-corrected chi connectivity index (χ3v) is 14.1. The molecule has 0 aromatic heterocycles. The Morgan fingerprint density at radius 1 is 0.469 bits per heavy atom. The monoisotopic (exact) mass is 830 g/mol. The molecule has 0 saturated carbocycles. The fourth-order valence-corrected chi connectivity index (χ4v) is 10.1.